The number of piperazine rings is 1. The van der Waals surface area contributed by atoms with Gasteiger partial charge in [0.25, 0.3) is 5.09 Å². The Morgan fingerprint density at radius 3 is 2.49 bits per heavy atom. The average Bonchev–Trinajstić information content (AvgIpc) is 3.30. The Labute approximate surface area is 272 Å². The van der Waals surface area contributed by atoms with E-state index < -0.39 is 41.1 Å². The number of hydrogen-bond acceptors (Lipinski definition) is 11. The van der Waals surface area contributed by atoms with Gasteiger partial charge in [0.15, 0.2) is 0 Å². The van der Waals surface area contributed by atoms with E-state index in [9.17, 15) is 43.4 Å². The number of ether oxygens (including phenoxy) is 2. The minimum Gasteiger partial charge on any atom is -0.491 e. The minimum absolute atomic E-state index is 0.0240. The summed E-state index contributed by atoms with van der Waals surface area (Å²) in [6, 6.07) is 4.38. The molecule has 3 N–H and O–H groups in total. The van der Waals surface area contributed by atoms with Crippen LogP contribution in [0.2, 0.25) is 0 Å². The lowest BCUT2D eigenvalue weighted by atomic mass is 9.89. The summed E-state index contributed by atoms with van der Waals surface area (Å²) in [5, 5.41) is 40.6. The summed E-state index contributed by atoms with van der Waals surface area (Å²) in [7, 11) is 0. The molecule has 0 radical (unpaired) electrons. The van der Waals surface area contributed by atoms with Crippen LogP contribution >= 0.6 is 0 Å². The summed E-state index contributed by atoms with van der Waals surface area (Å²) in [5.74, 6) is -1.00. The standard InChI is InChI=1S/C32H46F3N3O9/c33-32(34,35)24-7-5-8-26(21-24)46-23-25(39)11-12-28-27(29(40)22-30(28)41)9-3-1-2-4-10-31(42)45-20-18-37-16-14-36(15-17-37)13-6-19-47-38(43)44/h1,3,5,7-8,11-12,21,25,27-30,39-41H,2,4,6,9-10,13-20,22-23H2/b3-1-,12-11+/t25-,27-,28-,29+,30-/m1/s1. The number of allylic oxidation sites excluding steroid dienone is 2. The molecule has 1 saturated heterocycles. The molecule has 1 aliphatic heterocycles. The highest BCUT2D eigenvalue weighted by Crippen LogP contribution is 2.36. The molecule has 1 heterocycles. The van der Waals surface area contributed by atoms with Crippen LogP contribution in [0.3, 0.4) is 0 Å². The number of benzene rings is 1. The van der Waals surface area contributed by atoms with Crippen molar-refractivity contribution in [1.82, 2.24) is 9.80 Å². The predicted octanol–water partition coefficient (Wildman–Crippen LogP) is 3.24. The van der Waals surface area contributed by atoms with Gasteiger partial charge in [-0.3, -0.25) is 9.69 Å². The van der Waals surface area contributed by atoms with Gasteiger partial charge in [-0.25, -0.2) is 0 Å². The molecule has 1 aliphatic carbocycles. The molecule has 0 unspecified atom stereocenters. The second kappa shape index (κ2) is 19.5. The number of aliphatic hydroxyl groups is 3. The summed E-state index contributed by atoms with van der Waals surface area (Å²) in [6.07, 6.45) is 2.47. The Kier molecular flexibility index (Phi) is 15.9. The van der Waals surface area contributed by atoms with Gasteiger partial charge in [0.05, 0.1) is 24.4 Å². The van der Waals surface area contributed by atoms with Gasteiger partial charge in [-0.05, 0) is 49.8 Å². The normalized spacial score (nSPS) is 23.4. The smallest absolute Gasteiger partial charge is 0.416 e. The molecule has 2 fully saturated rings. The number of aliphatic hydroxyl groups excluding tert-OH is 3. The molecule has 1 aromatic carbocycles. The van der Waals surface area contributed by atoms with E-state index in [4.69, 9.17) is 9.47 Å². The Bertz CT molecular complexity index is 1160. The number of unbranched alkanes of at least 4 members (excludes halogenated alkanes) is 1. The number of halogens is 3. The van der Waals surface area contributed by atoms with Crippen molar-refractivity contribution in [1.29, 1.82) is 0 Å². The van der Waals surface area contributed by atoms with Crippen molar-refractivity contribution in [2.24, 2.45) is 11.8 Å². The van der Waals surface area contributed by atoms with Crippen molar-refractivity contribution in [2.45, 2.75) is 63.0 Å². The van der Waals surface area contributed by atoms with Crippen LogP contribution in [-0.4, -0.2) is 114 Å². The van der Waals surface area contributed by atoms with Gasteiger partial charge in [-0.1, -0.05) is 30.4 Å². The molecule has 3 rings (SSSR count). The van der Waals surface area contributed by atoms with Gasteiger partial charge in [0.2, 0.25) is 0 Å². The van der Waals surface area contributed by atoms with Gasteiger partial charge in [0, 0.05) is 58.0 Å². The van der Waals surface area contributed by atoms with Crippen molar-refractivity contribution in [3.8, 4) is 5.75 Å². The molecule has 2 aliphatic rings. The first-order valence-electron chi connectivity index (χ1n) is 16.0. The SMILES string of the molecule is O=C(CCC/C=C\C[C@@H]1[C@@H](/C=C/[C@@H](O)COc2cccc(C(F)(F)F)c2)[C@H](O)C[C@@H]1O)OCCN1CCN(CCCO[N+](=O)[O-])CC1. The number of carbonyl (C=O) groups is 1. The minimum atomic E-state index is -4.50. The zero-order valence-electron chi connectivity index (χ0n) is 26.4. The number of rotatable bonds is 19. The Balaban J connectivity index is 1.28. The van der Waals surface area contributed by atoms with Crippen LogP contribution < -0.4 is 4.74 Å². The largest absolute Gasteiger partial charge is 0.491 e. The maximum Gasteiger partial charge on any atom is 0.416 e. The molecule has 1 aromatic rings. The Hall–Kier alpha value is -3.24. The molecule has 1 saturated carbocycles. The van der Waals surface area contributed by atoms with Gasteiger partial charge >= 0.3 is 12.1 Å². The van der Waals surface area contributed by atoms with Gasteiger partial charge in [-0.15, -0.1) is 10.1 Å². The van der Waals surface area contributed by atoms with Crippen LogP contribution in [0, 0.1) is 22.0 Å². The summed E-state index contributed by atoms with van der Waals surface area (Å²) < 4.78 is 49.4. The third kappa shape index (κ3) is 14.2. The van der Waals surface area contributed by atoms with Crippen LogP contribution in [0.25, 0.3) is 0 Å². The molecule has 0 bridgehead atoms. The van der Waals surface area contributed by atoms with Crippen LogP contribution in [0.4, 0.5) is 13.2 Å². The maximum atomic E-state index is 12.9. The molecular weight excluding hydrogens is 627 g/mol. The lowest BCUT2D eigenvalue weighted by Gasteiger charge is -2.34. The van der Waals surface area contributed by atoms with Crippen molar-refractivity contribution in [3.05, 3.63) is 64.2 Å². The number of alkyl halides is 3. The van der Waals surface area contributed by atoms with Crippen LogP contribution in [0.15, 0.2) is 48.6 Å². The summed E-state index contributed by atoms with van der Waals surface area (Å²) in [5.41, 5.74) is -0.851. The highest BCUT2D eigenvalue weighted by atomic mass is 19.4. The molecule has 0 spiro atoms. The van der Waals surface area contributed by atoms with Crippen molar-refractivity contribution in [3.63, 3.8) is 0 Å². The average molecular weight is 674 g/mol. The molecule has 0 aromatic heterocycles. The first-order chi connectivity index (χ1) is 22.4. The first kappa shape index (κ1) is 38.2. The van der Waals surface area contributed by atoms with Crippen molar-refractivity contribution in [2.75, 3.05) is 59.1 Å². The quantitative estimate of drug-likeness (QED) is 0.0652. The van der Waals surface area contributed by atoms with Gasteiger partial charge < -0.3 is 34.5 Å². The molecular formula is C32H46F3N3O9. The summed E-state index contributed by atoms with van der Waals surface area (Å²) in [4.78, 5) is 31.1. The first-order valence-corrected chi connectivity index (χ1v) is 16.0. The molecule has 0 amide bonds. The second-order valence-corrected chi connectivity index (χ2v) is 11.8. The fraction of sp³-hybridized carbons (Fsp3) is 0.656. The van der Waals surface area contributed by atoms with Crippen LogP contribution in [-0.2, 0) is 20.5 Å². The Morgan fingerprint density at radius 1 is 1.06 bits per heavy atom. The molecule has 264 valence electrons. The van der Waals surface area contributed by atoms with E-state index in [2.05, 4.69) is 14.6 Å². The number of carbonyl (C=O) groups excluding carboxylic acids is 1. The summed E-state index contributed by atoms with van der Waals surface area (Å²) >= 11 is 0. The Morgan fingerprint density at radius 2 is 1.79 bits per heavy atom. The van der Waals surface area contributed by atoms with Crippen molar-refractivity contribution < 1.29 is 52.7 Å². The highest BCUT2D eigenvalue weighted by Gasteiger charge is 2.39. The third-order valence-corrected chi connectivity index (χ3v) is 8.33. The van der Waals surface area contributed by atoms with E-state index >= 15 is 0 Å². The fourth-order valence-electron chi connectivity index (χ4n) is 5.72. The van der Waals surface area contributed by atoms with Gasteiger partial charge in [0.1, 0.15) is 25.1 Å². The number of nitrogens with zero attached hydrogens (tertiary/aromatic N) is 3. The fourth-order valence-corrected chi connectivity index (χ4v) is 5.72. The lowest BCUT2D eigenvalue weighted by molar-refractivity contribution is -0.757. The van der Waals surface area contributed by atoms with Crippen LogP contribution in [0.1, 0.15) is 44.1 Å². The van der Waals surface area contributed by atoms with Gasteiger partial charge in [-0.2, -0.15) is 13.2 Å². The zero-order chi connectivity index (χ0) is 34.2. The van der Waals surface area contributed by atoms with E-state index in [1.54, 1.807) is 6.08 Å². The third-order valence-electron chi connectivity index (χ3n) is 8.33. The number of esters is 1. The van der Waals surface area contributed by atoms with E-state index in [1.807, 2.05) is 12.2 Å². The van der Waals surface area contributed by atoms with E-state index in [1.165, 1.54) is 18.2 Å². The zero-order valence-corrected chi connectivity index (χ0v) is 26.4. The molecule has 5 atom stereocenters. The maximum absolute atomic E-state index is 12.9. The van der Waals surface area contributed by atoms with Crippen molar-refractivity contribution >= 4 is 5.97 Å². The molecule has 15 heteroatoms. The lowest BCUT2D eigenvalue weighted by Crippen LogP contribution is -2.47. The molecule has 47 heavy (non-hydrogen) atoms. The van der Waals surface area contributed by atoms with E-state index in [0.717, 1.165) is 44.9 Å². The predicted molar refractivity (Wildman–Crippen MR) is 165 cm³/mol. The summed E-state index contributed by atoms with van der Waals surface area (Å²) in [6.45, 7) is 4.87. The monoisotopic (exact) mass is 673 g/mol. The molecule has 12 nitrogen and oxygen atoms in total. The second-order valence-electron chi connectivity index (χ2n) is 11.8. The number of hydrogen-bond donors (Lipinski definition) is 3. The van der Waals surface area contributed by atoms with E-state index in [-0.39, 0.29) is 43.7 Å². The highest BCUT2D eigenvalue weighted by molar-refractivity contribution is 5.69. The topological polar surface area (TPSA) is 155 Å². The van der Waals surface area contributed by atoms with Crippen LogP contribution in [0.5, 0.6) is 5.75 Å². The van der Waals surface area contributed by atoms with E-state index in [0.29, 0.717) is 38.8 Å².